The number of carbonyl (C=O) groups is 2. The zero-order valence-electron chi connectivity index (χ0n) is 15.2. The van der Waals surface area contributed by atoms with Gasteiger partial charge in [0.15, 0.2) is 0 Å². The summed E-state index contributed by atoms with van der Waals surface area (Å²) in [6.07, 6.45) is 1.14. The molecule has 0 radical (unpaired) electrons. The summed E-state index contributed by atoms with van der Waals surface area (Å²) in [5.74, 6) is -0.232. The van der Waals surface area contributed by atoms with Gasteiger partial charge in [-0.3, -0.25) is 9.59 Å². The first kappa shape index (κ1) is 20.0. The van der Waals surface area contributed by atoms with Crippen LogP contribution in [0.3, 0.4) is 0 Å². The van der Waals surface area contributed by atoms with Crippen LogP contribution in [0.25, 0.3) is 0 Å². The Morgan fingerprint density at radius 1 is 1.08 bits per heavy atom. The third-order valence-corrected chi connectivity index (χ3v) is 4.71. The standard InChI is InChI=1S/C21H25ClN2O2/c1-3-16(2)24(15-17-9-5-4-6-10-17)20(25)13-14-23-21(26)18-11-7-8-12-19(18)22/h4-12,16H,3,13-15H2,1-2H3,(H,23,26)/t16-/m0/s1. The number of hydrogen-bond donors (Lipinski definition) is 1. The molecule has 0 unspecified atom stereocenters. The lowest BCUT2D eigenvalue weighted by atomic mass is 10.1. The van der Waals surface area contributed by atoms with E-state index in [4.69, 9.17) is 11.6 Å². The van der Waals surface area contributed by atoms with Gasteiger partial charge < -0.3 is 10.2 Å². The molecule has 26 heavy (non-hydrogen) atoms. The lowest BCUT2D eigenvalue weighted by molar-refractivity contribution is -0.133. The van der Waals surface area contributed by atoms with E-state index in [-0.39, 0.29) is 30.8 Å². The van der Waals surface area contributed by atoms with Gasteiger partial charge in [0.2, 0.25) is 5.91 Å². The molecule has 2 amide bonds. The number of nitrogens with zero attached hydrogens (tertiary/aromatic N) is 1. The molecule has 4 nitrogen and oxygen atoms in total. The molecule has 0 spiro atoms. The van der Waals surface area contributed by atoms with Crippen molar-refractivity contribution in [2.75, 3.05) is 6.54 Å². The van der Waals surface area contributed by atoms with Crippen LogP contribution in [0.2, 0.25) is 5.02 Å². The summed E-state index contributed by atoms with van der Waals surface area (Å²) in [5, 5.41) is 3.18. The van der Waals surface area contributed by atoms with Crippen LogP contribution >= 0.6 is 11.6 Å². The number of halogens is 1. The molecule has 5 heteroatoms. The molecule has 1 atom stereocenters. The van der Waals surface area contributed by atoms with E-state index in [0.29, 0.717) is 17.1 Å². The van der Waals surface area contributed by atoms with Gasteiger partial charge in [0.1, 0.15) is 0 Å². The molecule has 0 saturated carbocycles. The minimum atomic E-state index is -0.262. The second kappa shape index (κ2) is 9.97. The molecule has 0 aliphatic heterocycles. The monoisotopic (exact) mass is 372 g/mol. The predicted molar refractivity (Wildman–Crippen MR) is 105 cm³/mol. The Labute approximate surface area is 160 Å². The number of rotatable bonds is 8. The molecular weight excluding hydrogens is 348 g/mol. The lowest BCUT2D eigenvalue weighted by Gasteiger charge is -2.29. The second-order valence-corrected chi connectivity index (χ2v) is 6.66. The first-order valence-corrected chi connectivity index (χ1v) is 9.26. The Morgan fingerprint density at radius 2 is 1.73 bits per heavy atom. The van der Waals surface area contributed by atoms with Crippen LogP contribution in [0.1, 0.15) is 42.6 Å². The van der Waals surface area contributed by atoms with Crippen molar-refractivity contribution in [2.24, 2.45) is 0 Å². The topological polar surface area (TPSA) is 49.4 Å². The molecule has 1 N–H and O–H groups in total. The van der Waals surface area contributed by atoms with Gasteiger partial charge in [-0.2, -0.15) is 0 Å². The Hall–Kier alpha value is -2.33. The van der Waals surface area contributed by atoms with Gasteiger partial charge in [0, 0.05) is 25.6 Å². The maximum Gasteiger partial charge on any atom is 0.252 e. The summed E-state index contributed by atoms with van der Waals surface area (Å²) in [7, 11) is 0. The van der Waals surface area contributed by atoms with Crippen LogP contribution in [-0.2, 0) is 11.3 Å². The predicted octanol–water partition coefficient (Wildman–Crippen LogP) is 4.29. The van der Waals surface area contributed by atoms with Crippen molar-refractivity contribution in [3.63, 3.8) is 0 Å². The van der Waals surface area contributed by atoms with Crippen molar-refractivity contribution in [2.45, 2.75) is 39.3 Å². The second-order valence-electron chi connectivity index (χ2n) is 6.25. The molecule has 138 valence electrons. The zero-order valence-corrected chi connectivity index (χ0v) is 16.0. The highest BCUT2D eigenvalue weighted by atomic mass is 35.5. The van der Waals surface area contributed by atoms with Crippen LogP contribution in [0.4, 0.5) is 0 Å². The van der Waals surface area contributed by atoms with Gasteiger partial charge in [-0.15, -0.1) is 0 Å². The van der Waals surface area contributed by atoms with Crippen molar-refractivity contribution >= 4 is 23.4 Å². The zero-order chi connectivity index (χ0) is 18.9. The molecule has 0 heterocycles. The van der Waals surface area contributed by atoms with E-state index in [2.05, 4.69) is 12.2 Å². The fraction of sp³-hybridized carbons (Fsp3) is 0.333. The highest BCUT2D eigenvalue weighted by Gasteiger charge is 2.19. The van der Waals surface area contributed by atoms with Crippen LogP contribution in [0.15, 0.2) is 54.6 Å². The average molecular weight is 373 g/mol. The third-order valence-electron chi connectivity index (χ3n) is 4.38. The largest absolute Gasteiger partial charge is 0.351 e. The normalized spacial score (nSPS) is 11.7. The molecule has 0 aromatic heterocycles. The number of benzene rings is 2. The average Bonchev–Trinajstić information content (AvgIpc) is 2.66. The highest BCUT2D eigenvalue weighted by Crippen LogP contribution is 2.15. The van der Waals surface area contributed by atoms with E-state index in [1.54, 1.807) is 24.3 Å². The Balaban J connectivity index is 1.92. The highest BCUT2D eigenvalue weighted by molar-refractivity contribution is 6.33. The minimum absolute atomic E-state index is 0.0302. The maximum atomic E-state index is 12.7. The third kappa shape index (κ3) is 5.60. The van der Waals surface area contributed by atoms with Crippen LogP contribution in [-0.4, -0.2) is 29.3 Å². The van der Waals surface area contributed by atoms with Crippen molar-refractivity contribution < 1.29 is 9.59 Å². The first-order valence-electron chi connectivity index (χ1n) is 8.89. The molecular formula is C21H25ClN2O2. The molecule has 0 saturated heterocycles. The first-order chi connectivity index (χ1) is 12.5. The summed E-state index contributed by atoms with van der Waals surface area (Å²) in [6.45, 7) is 4.97. The smallest absolute Gasteiger partial charge is 0.252 e. The SMILES string of the molecule is CC[C@H](C)N(Cc1ccccc1)C(=O)CCNC(=O)c1ccccc1Cl. The summed E-state index contributed by atoms with van der Waals surface area (Å²) in [6, 6.07) is 16.9. The maximum absolute atomic E-state index is 12.7. The fourth-order valence-corrected chi connectivity index (χ4v) is 2.88. The summed E-state index contributed by atoms with van der Waals surface area (Å²) in [4.78, 5) is 26.7. The van der Waals surface area contributed by atoms with E-state index in [0.717, 1.165) is 12.0 Å². The van der Waals surface area contributed by atoms with Gasteiger partial charge in [0.05, 0.1) is 10.6 Å². The van der Waals surface area contributed by atoms with Crippen LogP contribution in [0.5, 0.6) is 0 Å². The van der Waals surface area contributed by atoms with Gasteiger partial charge in [-0.25, -0.2) is 0 Å². The minimum Gasteiger partial charge on any atom is -0.351 e. The number of nitrogens with one attached hydrogen (secondary N) is 1. The lowest BCUT2D eigenvalue weighted by Crippen LogP contribution is -2.39. The number of amides is 2. The number of carbonyl (C=O) groups excluding carboxylic acids is 2. The van der Waals surface area contributed by atoms with Gasteiger partial charge in [-0.05, 0) is 31.0 Å². The quantitative estimate of drug-likeness (QED) is 0.751. The molecule has 2 aromatic rings. The van der Waals surface area contributed by atoms with Crippen molar-refractivity contribution in [3.05, 3.63) is 70.7 Å². The fourth-order valence-electron chi connectivity index (χ4n) is 2.66. The van der Waals surface area contributed by atoms with Gasteiger partial charge in [0.25, 0.3) is 5.91 Å². The number of hydrogen-bond acceptors (Lipinski definition) is 2. The summed E-state index contributed by atoms with van der Waals surface area (Å²) in [5.41, 5.74) is 1.52. The molecule has 2 rings (SSSR count). The van der Waals surface area contributed by atoms with Crippen molar-refractivity contribution in [1.29, 1.82) is 0 Å². The van der Waals surface area contributed by atoms with E-state index in [9.17, 15) is 9.59 Å². The summed E-state index contributed by atoms with van der Waals surface area (Å²) >= 11 is 6.03. The van der Waals surface area contributed by atoms with E-state index in [1.807, 2.05) is 42.2 Å². The Kier molecular flexibility index (Phi) is 7.67. The Bertz CT molecular complexity index is 734. The molecule has 0 aliphatic rings. The molecule has 0 aliphatic carbocycles. The van der Waals surface area contributed by atoms with E-state index >= 15 is 0 Å². The van der Waals surface area contributed by atoms with Crippen LogP contribution in [0, 0.1) is 0 Å². The summed E-state index contributed by atoms with van der Waals surface area (Å²) < 4.78 is 0. The van der Waals surface area contributed by atoms with Gasteiger partial charge in [-0.1, -0.05) is 61.0 Å². The van der Waals surface area contributed by atoms with E-state index < -0.39 is 0 Å². The van der Waals surface area contributed by atoms with Crippen molar-refractivity contribution in [1.82, 2.24) is 10.2 Å². The van der Waals surface area contributed by atoms with Crippen LogP contribution < -0.4 is 5.32 Å². The molecule has 2 aromatic carbocycles. The molecule has 0 bridgehead atoms. The van der Waals surface area contributed by atoms with Crippen molar-refractivity contribution in [3.8, 4) is 0 Å². The van der Waals surface area contributed by atoms with E-state index in [1.165, 1.54) is 0 Å². The van der Waals surface area contributed by atoms with Gasteiger partial charge >= 0.3 is 0 Å². The Morgan fingerprint density at radius 3 is 2.38 bits per heavy atom. The molecule has 0 fully saturated rings.